The van der Waals surface area contributed by atoms with Gasteiger partial charge in [0.2, 0.25) is 0 Å². The first-order valence-corrected chi connectivity index (χ1v) is 8.26. The molecule has 2 rings (SSSR count). The molecule has 1 aromatic carbocycles. The highest BCUT2D eigenvalue weighted by atomic mass is 35.5. The van der Waals surface area contributed by atoms with Crippen LogP contribution in [0.3, 0.4) is 0 Å². The highest BCUT2D eigenvalue weighted by molar-refractivity contribution is 6.34. The Morgan fingerprint density at radius 1 is 1.18 bits per heavy atom. The van der Waals surface area contributed by atoms with Crippen LogP contribution in [0, 0.1) is 5.92 Å². The van der Waals surface area contributed by atoms with E-state index in [0.717, 1.165) is 6.42 Å². The molecule has 0 fully saturated rings. The van der Waals surface area contributed by atoms with Crippen LogP contribution in [-0.4, -0.2) is 17.2 Å². The first-order valence-electron chi connectivity index (χ1n) is 6.69. The van der Waals surface area contributed by atoms with E-state index < -0.39 is 5.38 Å². The van der Waals surface area contributed by atoms with E-state index in [-0.39, 0.29) is 18.4 Å². The molecule has 0 amide bonds. The van der Waals surface area contributed by atoms with E-state index in [2.05, 4.69) is 5.32 Å². The van der Waals surface area contributed by atoms with Gasteiger partial charge in [-0.25, -0.2) is 0 Å². The maximum Gasteiger partial charge on any atom is 0.159 e. The molecule has 2 unspecified atom stereocenters. The lowest BCUT2D eigenvalue weighted by Gasteiger charge is -2.26. The molecule has 0 spiro atoms. The molecule has 0 saturated heterocycles. The summed E-state index contributed by atoms with van der Waals surface area (Å²) in [5.41, 5.74) is 0.447. The Balaban J connectivity index is 2.01. The van der Waals surface area contributed by atoms with E-state index in [9.17, 15) is 5.11 Å². The second-order valence-corrected chi connectivity index (χ2v) is 6.59. The molecule has 7 heteroatoms. The SMILES string of the molecule is CCC1C(Cl)=CC(NCOc2cc(Cl)cc(Cl)c2)=C(O)C1Cl. The number of rotatable bonds is 5. The average molecular weight is 383 g/mol. The second kappa shape index (κ2) is 7.69. The Kier molecular flexibility index (Phi) is 6.16. The van der Waals surface area contributed by atoms with Crippen molar-refractivity contribution in [1.82, 2.24) is 5.32 Å². The molecule has 2 atom stereocenters. The zero-order valence-electron chi connectivity index (χ0n) is 11.7. The molecule has 0 saturated carbocycles. The molecule has 0 heterocycles. The Labute approximate surface area is 149 Å². The van der Waals surface area contributed by atoms with Gasteiger partial charge in [0, 0.05) is 21.0 Å². The third-order valence-corrected chi connectivity index (χ3v) is 4.64. The lowest BCUT2D eigenvalue weighted by atomic mass is 9.94. The predicted molar refractivity (Wildman–Crippen MR) is 92.1 cm³/mol. The van der Waals surface area contributed by atoms with Gasteiger partial charge in [0.25, 0.3) is 0 Å². The lowest BCUT2D eigenvalue weighted by molar-refractivity contribution is 0.288. The summed E-state index contributed by atoms with van der Waals surface area (Å²) in [6.07, 6.45) is 2.41. The normalized spacial score (nSPS) is 21.6. The summed E-state index contributed by atoms with van der Waals surface area (Å²) in [7, 11) is 0. The number of allylic oxidation sites excluding steroid dienone is 3. The van der Waals surface area contributed by atoms with E-state index in [1.807, 2.05) is 6.92 Å². The molecule has 3 nitrogen and oxygen atoms in total. The monoisotopic (exact) mass is 381 g/mol. The van der Waals surface area contributed by atoms with Crippen LogP contribution in [0.2, 0.25) is 10.0 Å². The Hall–Kier alpha value is -0.740. The van der Waals surface area contributed by atoms with Crippen molar-refractivity contribution < 1.29 is 9.84 Å². The molecule has 0 aromatic heterocycles. The van der Waals surface area contributed by atoms with Gasteiger partial charge in [0.05, 0.1) is 5.70 Å². The zero-order valence-corrected chi connectivity index (χ0v) is 14.8. The van der Waals surface area contributed by atoms with Gasteiger partial charge in [-0.05, 0) is 30.7 Å². The minimum absolute atomic E-state index is 0.0608. The highest BCUT2D eigenvalue weighted by Crippen LogP contribution is 2.35. The molecule has 1 aliphatic rings. The lowest BCUT2D eigenvalue weighted by Crippen LogP contribution is -2.29. The van der Waals surface area contributed by atoms with Gasteiger partial charge in [-0.15, -0.1) is 11.6 Å². The first kappa shape index (κ1) is 17.6. The van der Waals surface area contributed by atoms with Crippen LogP contribution in [0.1, 0.15) is 13.3 Å². The van der Waals surface area contributed by atoms with Crippen molar-refractivity contribution in [3.8, 4) is 5.75 Å². The number of ether oxygens (including phenoxy) is 1. The number of alkyl halides is 1. The van der Waals surface area contributed by atoms with Crippen LogP contribution in [0.15, 0.2) is 40.8 Å². The molecule has 120 valence electrons. The Morgan fingerprint density at radius 2 is 1.82 bits per heavy atom. The van der Waals surface area contributed by atoms with Crippen molar-refractivity contribution in [2.24, 2.45) is 5.92 Å². The number of aliphatic hydroxyl groups is 1. The topological polar surface area (TPSA) is 41.5 Å². The van der Waals surface area contributed by atoms with Crippen LogP contribution in [0.5, 0.6) is 5.75 Å². The van der Waals surface area contributed by atoms with Gasteiger partial charge in [-0.3, -0.25) is 0 Å². The average Bonchev–Trinajstić information content (AvgIpc) is 2.43. The van der Waals surface area contributed by atoms with Gasteiger partial charge in [0.1, 0.15) is 16.9 Å². The first-order chi connectivity index (χ1) is 10.4. The third-order valence-electron chi connectivity index (χ3n) is 3.30. The van der Waals surface area contributed by atoms with Crippen molar-refractivity contribution in [3.05, 3.63) is 50.8 Å². The van der Waals surface area contributed by atoms with Crippen LogP contribution in [0.25, 0.3) is 0 Å². The van der Waals surface area contributed by atoms with Crippen molar-refractivity contribution >= 4 is 46.4 Å². The maximum absolute atomic E-state index is 10.1. The van der Waals surface area contributed by atoms with Gasteiger partial charge in [0.15, 0.2) is 6.73 Å². The summed E-state index contributed by atoms with van der Waals surface area (Å²) >= 11 is 24.2. The van der Waals surface area contributed by atoms with E-state index in [1.54, 1.807) is 24.3 Å². The summed E-state index contributed by atoms with van der Waals surface area (Å²) in [6, 6.07) is 4.90. The molecular weight excluding hydrogens is 368 g/mol. The fourth-order valence-corrected chi connectivity index (χ4v) is 3.54. The van der Waals surface area contributed by atoms with Crippen molar-refractivity contribution in [3.63, 3.8) is 0 Å². The summed E-state index contributed by atoms with van der Waals surface area (Å²) < 4.78 is 5.50. The molecule has 22 heavy (non-hydrogen) atoms. The minimum Gasteiger partial charge on any atom is -0.509 e. The number of aliphatic hydroxyl groups excluding tert-OH is 1. The van der Waals surface area contributed by atoms with Crippen molar-refractivity contribution in [2.45, 2.75) is 18.7 Å². The van der Waals surface area contributed by atoms with Crippen LogP contribution in [0.4, 0.5) is 0 Å². The highest BCUT2D eigenvalue weighted by Gasteiger charge is 2.30. The number of benzene rings is 1. The molecule has 1 aliphatic carbocycles. The fourth-order valence-electron chi connectivity index (χ4n) is 2.15. The summed E-state index contributed by atoms with van der Waals surface area (Å²) in [5, 5.41) is 14.1. The van der Waals surface area contributed by atoms with E-state index in [0.29, 0.717) is 26.5 Å². The Bertz CT molecular complexity index is 595. The number of hydrogen-bond donors (Lipinski definition) is 2. The van der Waals surface area contributed by atoms with Crippen molar-refractivity contribution in [1.29, 1.82) is 0 Å². The second-order valence-electron chi connectivity index (χ2n) is 4.82. The Morgan fingerprint density at radius 3 is 2.41 bits per heavy atom. The van der Waals surface area contributed by atoms with E-state index in [4.69, 9.17) is 51.1 Å². The molecule has 0 aliphatic heterocycles. The predicted octanol–water partition coefficient (Wildman–Crippen LogP) is 5.46. The molecule has 1 aromatic rings. The van der Waals surface area contributed by atoms with E-state index >= 15 is 0 Å². The van der Waals surface area contributed by atoms with Crippen LogP contribution >= 0.6 is 46.4 Å². The third kappa shape index (κ3) is 4.17. The summed E-state index contributed by atoms with van der Waals surface area (Å²) in [5.74, 6) is 0.497. The standard InChI is InChI=1S/C15H15Cl4NO2/c1-2-11-12(18)6-13(15(21)14(11)19)20-7-22-10-4-8(16)3-9(17)5-10/h3-6,11,14,20-21H,2,7H2,1H3. The molecule has 2 N–H and O–H groups in total. The van der Waals surface area contributed by atoms with Gasteiger partial charge in [-0.1, -0.05) is 41.7 Å². The van der Waals surface area contributed by atoms with Gasteiger partial charge < -0.3 is 15.2 Å². The zero-order chi connectivity index (χ0) is 16.3. The van der Waals surface area contributed by atoms with Crippen molar-refractivity contribution in [2.75, 3.05) is 6.73 Å². The number of hydrogen-bond acceptors (Lipinski definition) is 3. The van der Waals surface area contributed by atoms with E-state index in [1.165, 1.54) is 0 Å². The van der Waals surface area contributed by atoms with Crippen LogP contribution in [-0.2, 0) is 0 Å². The molecule has 0 bridgehead atoms. The number of halogens is 4. The summed E-state index contributed by atoms with van der Waals surface area (Å²) in [6.45, 7) is 2.07. The van der Waals surface area contributed by atoms with Gasteiger partial charge >= 0.3 is 0 Å². The van der Waals surface area contributed by atoms with Gasteiger partial charge in [-0.2, -0.15) is 0 Å². The minimum atomic E-state index is -0.550. The maximum atomic E-state index is 10.1. The fraction of sp³-hybridized carbons (Fsp3) is 0.333. The largest absolute Gasteiger partial charge is 0.509 e. The molecule has 0 radical (unpaired) electrons. The molecular formula is C15H15Cl4NO2. The smallest absolute Gasteiger partial charge is 0.159 e. The van der Waals surface area contributed by atoms with Crippen LogP contribution < -0.4 is 10.1 Å². The quantitative estimate of drug-likeness (QED) is 0.524. The number of nitrogens with one attached hydrogen (secondary N) is 1. The summed E-state index contributed by atoms with van der Waals surface area (Å²) in [4.78, 5) is 0.